The number of hydrogen-bond donors (Lipinski definition) is 1. The van der Waals surface area contributed by atoms with Crippen LogP contribution >= 0.6 is 0 Å². The lowest BCUT2D eigenvalue weighted by Crippen LogP contribution is -2.39. The third-order valence-corrected chi connectivity index (χ3v) is 5.97. The number of aromatic amines is 1. The van der Waals surface area contributed by atoms with Gasteiger partial charge in [0.15, 0.2) is 0 Å². The molecule has 158 valence electrons. The van der Waals surface area contributed by atoms with E-state index in [9.17, 15) is 4.79 Å². The first-order valence-electron chi connectivity index (χ1n) is 10.7. The van der Waals surface area contributed by atoms with E-state index < -0.39 is 0 Å². The van der Waals surface area contributed by atoms with Gasteiger partial charge >= 0.3 is 0 Å². The smallest absolute Gasteiger partial charge is 0.254 e. The molecular formula is C24H30N4O2. The molecule has 0 unspecified atom stereocenters. The van der Waals surface area contributed by atoms with Crippen molar-refractivity contribution in [1.29, 1.82) is 0 Å². The maximum atomic E-state index is 13.5. The van der Waals surface area contributed by atoms with Gasteiger partial charge in [-0.05, 0) is 61.7 Å². The molecule has 1 aromatic carbocycles. The Morgan fingerprint density at radius 2 is 1.93 bits per heavy atom. The minimum absolute atomic E-state index is 0.0777. The number of H-pyrrole nitrogens is 1. The Labute approximate surface area is 177 Å². The van der Waals surface area contributed by atoms with Gasteiger partial charge < -0.3 is 14.6 Å². The summed E-state index contributed by atoms with van der Waals surface area (Å²) >= 11 is 0. The number of benzene rings is 1. The minimum atomic E-state index is 0.0777. The Hall–Kier alpha value is -2.70. The summed E-state index contributed by atoms with van der Waals surface area (Å²) in [5.74, 6) is 0.0777. The number of carbonyl (C=O) groups is 1. The molecule has 0 spiro atoms. The van der Waals surface area contributed by atoms with Crippen molar-refractivity contribution in [3.63, 3.8) is 0 Å². The summed E-state index contributed by atoms with van der Waals surface area (Å²) < 4.78 is 5.43. The van der Waals surface area contributed by atoms with E-state index in [-0.39, 0.29) is 5.91 Å². The number of ether oxygens (including phenoxy) is 1. The van der Waals surface area contributed by atoms with Gasteiger partial charge in [-0.15, -0.1) is 0 Å². The lowest BCUT2D eigenvalue weighted by molar-refractivity contribution is 0.0355. The highest BCUT2D eigenvalue weighted by atomic mass is 16.5. The fourth-order valence-electron chi connectivity index (χ4n) is 4.05. The molecule has 3 heterocycles. The van der Waals surface area contributed by atoms with E-state index in [1.54, 1.807) is 12.4 Å². The summed E-state index contributed by atoms with van der Waals surface area (Å²) in [6.07, 6.45) is 4.51. The topological polar surface area (TPSA) is 61.5 Å². The van der Waals surface area contributed by atoms with Crippen LogP contribution in [-0.4, -0.2) is 65.1 Å². The Balaban J connectivity index is 1.51. The largest absolute Gasteiger partial charge is 0.379 e. The molecule has 1 fully saturated rings. The predicted octanol–water partition coefficient (Wildman–Crippen LogP) is 3.54. The number of carbonyl (C=O) groups excluding carboxylic acids is 1. The predicted molar refractivity (Wildman–Crippen MR) is 119 cm³/mol. The summed E-state index contributed by atoms with van der Waals surface area (Å²) in [4.78, 5) is 25.3. The summed E-state index contributed by atoms with van der Waals surface area (Å²) in [6.45, 7) is 10.0. The van der Waals surface area contributed by atoms with Gasteiger partial charge in [0.25, 0.3) is 5.91 Å². The molecule has 1 N–H and O–H groups in total. The Kier molecular flexibility index (Phi) is 6.45. The number of hydrogen-bond acceptors (Lipinski definition) is 4. The van der Waals surface area contributed by atoms with Crippen LogP contribution in [-0.2, 0) is 11.3 Å². The van der Waals surface area contributed by atoms with Gasteiger partial charge in [0.1, 0.15) is 0 Å². The fraction of sp³-hybridized carbons (Fsp3) is 0.417. The first-order chi connectivity index (χ1) is 14.6. The first-order valence-corrected chi connectivity index (χ1v) is 10.7. The zero-order chi connectivity index (χ0) is 20.9. The molecule has 0 saturated carbocycles. The number of fused-ring (bicyclic) bond motifs is 1. The Bertz CT molecular complexity index is 993. The number of aryl methyl sites for hydroxylation is 2. The second-order valence-electron chi connectivity index (χ2n) is 8.03. The van der Waals surface area contributed by atoms with E-state index in [0.717, 1.165) is 73.5 Å². The second kappa shape index (κ2) is 9.41. The van der Waals surface area contributed by atoms with Crippen LogP contribution in [0.2, 0.25) is 0 Å². The molecule has 4 rings (SSSR count). The molecule has 0 radical (unpaired) electrons. The van der Waals surface area contributed by atoms with Gasteiger partial charge in [-0.2, -0.15) is 0 Å². The summed E-state index contributed by atoms with van der Waals surface area (Å²) in [7, 11) is 0. The lowest BCUT2D eigenvalue weighted by atomic mass is 10.1. The van der Waals surface area contributed by atoms with Crippen LogP contribution in [0.1, 0.15) is 33.6 Å². The second-order valence-corrected chi connectivity index (χ2v) is 8.03. The standard InChI is InChI=1S/C24H30N4O2/c1-18-19(2)26-23-5-4-21(16-22(18)23)24(29)28(17-20-6-8-25-9-7-20)11-3-10-27-12-14-30-15-13-27/h4-9,16,26H,3,10-15,17H2,1-2H3. The molecule has 1 aliphatic heterocycles. The molecule has 6 heteroatoms. The maximum absolute atomic E-state index is 13.5. The number of nitrogens with one attached hydrogen (secondary N) is 1. The molecule has 0 atom stereocenters. The van der Waals surface area contributed by atoms with E-state index in [2.05, 4.69) is 28.7 Å². The van der Waals surface area contributed by atoms with Crippen LogP contribution in [0.15, 0.2) is 42.7 Å². The number of morpholine rings is 1. The van der Waals surface area contributed by atoms with Crippen LogP contribution in [0.3, 0.4) is 0 Å². The van der Waals surface area contributed by atoms with Gasteiger partial charge in [-0.3, -0.25) is 14.7 Å². The number of pyridine rings is 1. The summed E-state index contributed by atoms with van der Waals surface area (Å²) in [6, 6.07) is 9.93. The summed E-state index contributed by atoms with van der Waals surface area (Å²) in [5, 5.41) is 1.12. The Morgan fingerprint density at radius 1 is 1.17 bits per heavy atom. The summed E-state index contributed by atoms with van der Waals surface area (Å²) in [5.41, 5.74) is 5.26. The van der Waals surface area contributed by atoms with Crippen LogP contribution in [0.5, 0.6) is 0 Å². The zero-order valence-corrected chi connectivity index (χ0v) is 17.9. The monoisotopic (exact) mass is 406 g/mol. The molecule has 0 aliphatic carbocycles. The van der Waals surface area contributed by atoms with Crippen molar-refractivity contribution in [3.05, 3.63) is 65.1 Å². The van der Waals surface area contributed by atoms with Gasteiger partial charge in [0.2, 0.25) is 0 Å². The van der Waals surface area contributed by atoms with Crippen LogP contribution < -0.4 is 0 Å². The zero-order valence-electron chi connectivity index (χ0n) is 17.9. The minimum Gasteiger partial charge on any atom is -0.379 e. The van der Waals surface area contributed by atoms with Crippen molar-refractivity contribution >= 4 is 16.8 Å². The number of aromatic nitrogens is 2. The fourth-order valence-corrected chi connectivity index (χ4v) is 4.05. The first kappa shape index (κ1) is 20.6. The number of rotatable bonds is 7. The van der Waals surface area contributed by atoms with E-state index in [0.29, 0.717) is 6.54 Å². The highest BCUT2D eigenvalue weighted by molar-refractivity contribution is 5.99. The quantitative estimate of drug-likeness (QED) is 0.652. The van der Waals surface area contributed by atoms with Crippen molar-refractivity contribution in [1.82, 2.24) is 19.8 Å². The maximum Gasteiger partial charge on any atom is 0.254 e. The molecule has 3 aromatic rings. The lowest BCUT2D eigenvalue weighted by Gasteiger charge is -2.28. The molecule has 1 saturated heterocycles. The molecule has 1 aliphatic rings. The molecule has 6 nitrogen and oxygen atoms in total. The van der Waals surface area contributed by atoms with E-state index >= 15 is 0 Å². The molecule has 1 amide bonds. The van der Waals surface area contributed by atoms with Crippen molar-refractivity contribution in [2.45, 2.75) is 26.8 Å². The van der Waals surface area contributed by atoms with Crippen molar-refractivity contribution in [2.75, 3.05) is 39.4 Å². The highest BCUT2D eigenvalue weighted by Crippen LogP contribution is 2.23. The van der Waals surface area contributed by atoms with Crippen LogP contribution in [0.4, 0.5) is 0 Å². The molecule has 0 bridgehead atoms. The average molecular weight is 407 g/mol. The third-order valence-electron chi connectivity index (χ3n) is 5.97. The van der Waals surface area contributed by atoms with E-state index in [1.165, 1.54) is 5.56 Å². The normalized spacial score (nSPS) is 14.9. The van der Waals surface area contributed by atoms with Crippen LogP contribution in [0.25, 0.3) is 10.9 Å². The van der Waals surface area contributed by atoms with Gasteiger partial charge in [0, 0.05) is 67.3 Å². The number of amides is 1. The van der Waals surface area contributed by atoms with Crippen molar-refractivity contribution in [2.24, 2.45) is 0 Å². The third kappa shape index (κ3) is 4.71. The van der Waals surface area contributed by atoms with Gasteiger partial charge in [0.05, 0.1) is 13.2 Å². The van der Waals surface area contributed by atoms with E-state index in [4.69, 9.17) is 4.74 Å². The SMILES string of the molecule is Cc1[nH]c2ccc(C(=O)N(CCCN3CCOCC3)Cc3ccncc3)cc2c1C. The van der Waals surface area contributed by atoms with Gasteiger partial charge in [-0.1, -0.05) is 0 Å². The molecule has 30 heavy (non-hydrogen) atoms. The molecular weight excluding hydrogens is 376 g/mol. The van der Waals surface area contributed by atoms with Crippen molar-refractivity contribution < 1.29 is 9.53 Å². The van der Waals surface area contributed by atoms with Crippen LogP contribution in [0, 0.1) is 13.8 Å². The van der Waals surface area contributed by atoms with E-state index in [1.807, 2.05) is 35.2 Å². The van der Waals surface area contributed by atoms with Crippen molar-refractivity contribution in [3.8, 4) is 0 Å². The highest BCUT2D eigenvalue weighted by Gasteiger charge is 2.18. The average Bonchev–Trinajstić information content (AvgIpc) is 3.07. The Morgan fingerprint density at radius 3 is 2.70 bits per heavy atom. The van der Waals surface area contributed by atoms with Gasteiger partial charge in [-0.25, -0.2) is 0 Å². The number of nitrogens with zero attached hydrogens (tertiary/aromatic N) is 3. The molecule has 2 aromatic heterocycles.